The summed E-state index contributed by atoms with van der Waals surface area (Å²) in [5.74, 6) is 5.85. The van der Waals surface area contributed by atoms with E-state index in [0.29, 0.717) is 12.2 Å². The minimum Gasteiger partial charge on any atom is -0.321 e. The van der Waals surface area contributed by atoms with Crippen molar-refractivity contribution >= 4 is 15.7 Å². The van der Waals surface area contributed by atoms with Gasteiger partial charge in [-0.3, -0.25) is 10.9 Å². The summed E-state index contributed by atoms with van der Waals surface area (Å²) >= 11 is 0. The number of nitrogen functional groups attached to an aromatic ring is 1. The molecule has 5 N–H and O–H groups in total. The first-order chi connectivity index (χ1) is 9.13. The molecule has 0 fully saturated rings. The van der Waals surface area contributed by atoms with E-state index in [1.165, 1.54) is 18.6 Å². The SMILES string of the molecule is NNc1cccnc1S(=O)(=O)NCCc1ncn[nH]1. The lowest BCUT2D eigenvalue weighted by Crippen LogP contribution is -2.28. The maximum atomic E-state index is 12.0. The highest BCUT2D eigenvalue weighted by Gasteiger charge is 2.19. The predicted octanol–water partition coefficient (Wildman–Crippen LogP) is -0.994. The van der Waals surface area contributed by atoms with Gasteiger partial charge in [-0.25, -0.2) is 23.1 Å². The lowest BCUT2D eigenvalue weighted by Gasteiger charge is -2.09. The van der Waals surface area contributed by atoms with Crippen LogP contribution in [0, 0.1) is 0 Å². The Bertz CT molecular complexity index is 626. The molecule has 102 valence electrons. The molecule has 0 aliphatic rings. The summed E-state index contributed by atoms with van der Waals surface area (Å²) in [4.78, 5) is 7.70. The maximum Gasteiger partial charge on any atom is 0.260 e. The number of hydrogen-bond acceptors (Lipinski definition) is 7. The number of nitrogens with one attached hydrogen (secondary N) is 3. The first-order valence-electron chi connectivity index (χ1n) is 5.39. The van der Waals surface area contributed by atoms with Gasteiger partial charge in [-0.1, -0.05) is 0 Å². The van der Waals surface area contributed by atoms with Crippen LogP contribution in [0.25, 0.3) is 0 Å². The van der Waals surface area contributed by atoms with E-state index in [1.807, 2.05) is 0 Å². The van der Waals surface area contributed by atoms with Crippen LogP contribution in [0.4, 0.5) is 5.69 Å². The van der Waals surface area contributed by atoms with Crippen LogP contribution in [-0.2, 0) is 16.4 Å². The summed E-state index contributed by atoms with van der Waals surface area (Å²) < 4.78 is 26.5. The molecule has 0 bridgehead atoms. The van der Waals surface area contributed by atoms with Crippen LogP contribution in [0.15, 0.2) is 29.7 Å². The molecule has 2 rings (SSSR count). The van der Waals surface area contributed by atoms with Crippen LogP contribution in [0.1, 0.15) is 5.82 Å². The molecule has 0 saturated carbocycles. The number of nitrogens with two attached hydrogens (primary N) is 1. The van der Waals surface area contributed by atoms with Gasteiger partial charge >= 0.3 is 0 Å². The van der Waals surface area contributed by atoms with Gasteiger partial charge in [0.1, 0.15) is 12.2 Å². The second-order valence-corrected chi connectivity index (χ2v) is 5.26. The number of sulfonamides is 1. The molecule has 10 heteroatoms. The Morgan fingerprint density at radius 2 is 2.21 bits per heavy atom. The number of rotatable bonds is 6. The smallest absolute Gasteiger partial charge is 0.260 e. The molecule has 0 atom stereocenters. The van der Waals surface area contributed by atoms with E-state index in [-0.39, 0.29) is 17.3 Å². The topological polar surface area (TPSA) is 139 Å². The van der Waals surface area contributed by atoms with Crippen molar-refractivity contribution in [2.45, 2.75) is 11.4 Å². The van der Waals surface area contributed by atoms with Gasteiger partial charge in [-0.15, -0.1) is 0 Å². The van der Waals surface area contributed by atoms with Crippen molar-refractivity contribution < 1.29 is 8.42 Å². The van der Waals surface area contributed by atoms with Gasteiger partial charge in [-0.05, 0) is 12.1 Å². The molecule has 9 nitrogen and oxygen atoms in total. The van der Waals surface area contributed by atoms with Crippen molar-refractivity contribution in [1.82, 2.24) is 24.9 Å². The van der Waals surface area contributed by atoms with Gasteiger partial charge in [0.2, 0.25) is 0 Å². The third-order valence-corrected chi connectivity index (χ3v) is 3.72. The molecular formula is C9H13N7O2S. The Labute approximate surface area is 109 Å². The molecule has 0 spiro atoms. The number of pyridine rings is 1. The van der Waals surface area contributed by atoms with E-state index in [9.17, 15) is 8.42 Å². The van der Waals surface area contributed by atoms with E-state index in [1.54, 1.807) is 6.07 Å². The number of aromatic nitrogens is 4. The Morgan fingerprint density at radius 1 is 1.37 bits per heavy atom. The summed E-state index contributed by atoms with van der Waals surface area (Å²) in [5, 5.41) is 6.17. The third-order valence-electron chi connectivity index (χ3n) is 2.30. The Hall–Kier alpha value is -2.04. The van der Waals surface area contributed by atoms with Gasteiger partial charge in [0.25, 0.3) is 10.0 Å². The zero-order chi connectivity index (χ0) is 13.7. The molecule has 2 aromatic heterocycles. The zero-order valence-electron chi connectivity index (χ0n) is 9.87. The van der Waals surface area contributed by atoms with Crippen LogP contribution in [0.5, 0.6) is 0 Å². The van der Waals surface area contributed by atoms with E-state index < -0.39 is 10.0 Å². The summed E-state index contributed by atoms with van der Waals surface area (Å²) in [6.07, 6.45) is 3.14. The third kappa shape index (κ3) is 3.24. The first kappa shape index (κ1) is 13.4. The Kier molecular flexibility index (Phi) is 4.04. The average Bonchev–Trinajstić information content (AvgIpc) is 2.91. The van der Waals surface area contributed by atoms with Gasteiger partial charge in [-0.2, -0.15) is 5.10 Å². The summed E-state index contributed by atoms with van der Waals surface area (Å²) in [6.45, 7) is 0.179. The van der Waals surface area contributed by atoms with Crippen LogP contribution < -0.4 is 16.0 Å². The van der Waals surface area contributed by atoms with Crippen LogP contribution in [0.2, 0.25) is 0 Å². The molecule has 0 aromatic carbocycles. The van der Waals surface area contributed by atoms with Crippen molar-refractivity contribution in [2.24, 2.45) is 5.84 Å². The quantitative estimate of drug-likeness (QED) is 0.394. The predicted molar refractivity (Wildman–Crippen MR) is 67.3 cm³/mol. The molecule has 0 aliphatic heterocycles. The fourth-order valence-corrected chi connectivity index (χ4v) is 2.56. The normalized spacial score (nSPS) is 11.4. The van der Waals surface area contributed by atoms with Crippen molar-refractivity contribution in [2.75, 3.05) is 12.0 Å². The van der Waals surface area contributed by atoms with E-state index in [4.69, 9.17) is 5.84 Å². The first-order valence-corrected chi connectivity index (χ1v) is 6.87. The van der Waals surface area contributed by atoms with Gasteiger partial charge in [0.15, 0.2) is 5.03 Å². The Morgan fingerprint density at radius 3 is 2.89 bits per heavy atom. The molecular weight excluding hydrogens is 270 g/mol. The minimum absolute atomic E-state index is 0.143. The molecule has 0 radical (unpaired) electrons. The molecule has 0 amide bonds. The highest BCUT2D eigenvalue weighted by Crippen LogP contribution is 2.15. The zero-order valence-corrected chi connectivity index (χ0v) is 10.7. The number of aromatic amines is 1. The highest BCUT2D eigenvalue weighted by molar-refractivity contribution is 7.89. The minimum atomic E-state index is -3.72. The van der Waals surface area contributed by atoms with Crippen LogP contribution in [-0.4, -0.2) is 35.1 Å². The standard InChI is InChI=1S/C9H13N7O2S/c10-15-7-2-1-4-11-9(7)19(17,18)14-5-3-8-12-6-13-16-8/h1-2,4,6,14-15H,3,5,10H2,(H,12,13,16). The van der Waals surface area contributed by atoms with E-state index >= 15 is 0 Å². The van der Waals surface area contributed by atoms with E-state index in [2.05, 4.69) is 30.3 Å². The van der Waals surface area contributed by atoms with Crippen LogP contribution >= 0.6 is 0 Å². The van der Waals surface area contributed by atoms with Crippen molar-refractivity contribution in [3.8, 4) is 0 Å². The van der Waals surface area contributed by atoms with Crippen LogP contribution in [0.3, 0.4) is 0 Å². The monoisotopic (exact) mass is 283 g/mol. The van der Waals surface area contributed by atoms with Crippen molar-refractivity contribution in [3.63, 3.8) is 0 Å². The van der Waals surface area contributed by atoms with Crippen molar-refractivity contribution in [3.05, 3.63) is 30.5 Å². The fourth-order valence-electron chi connectivity index (χ4n) is 1.44. The Balaban J connectivity index is 2.05. The number of hydrogen-bond donors (Lipinski definition) is 4. The molecule has 2 aromatic rings. The largest absolute Gasteiger partial charge is 0.321 e. The van der Waals surface area contributed by atoms with Gasteiger partial charge in [0.05, 0.1) is 5.69 Å². The lowest BCUT2D eigenvalue weighted by molar-refractivity contribution is 0.577. The molecule has 0 saturated heterocycles. The summed E-state index contributed by atoms with van der Waals surface area (Å²) in [7, 11) is -3.72. The number of nitrogens with zero attached hydrogens (tertiary/aromatic N) is 3. The number of anilines is 1. The van der Waals surface area contributed by atoms with Gasteiger partial charge in [0, 0.05) is 19.2 Å². The summed E-state index contributed by atoms with van der Waals surface area (Å²) in [5.41, 5.74) is 2.53. The lowest BCUT2D eigenvalue weighted by atomic mass is 10.4. The summed E-state index contributed by atoms with van der Waals surface area (Å²) in [6, 6.07) is 3.11. The average molecular weight is 283 g/mol. The highest BCUT2D eigenvalue weighted by atomic mass is 32.2. The molecule has 0 aliphatic carbocycles. The van der Waals surface area contributed by atoms with Gasteiger partial charge < -0.3 is 5.43 Å². The number of hydrazine groups is 1. The van der Waals surface area contributed by atoms with E-state index in [0.717, 1.165) is 0 Å². The second kappa shape index (κ2) is 5.73. The number of H-pyrrole nitrogens is 1. The molecule has 2 heterocycles. The molecule has 0 unspecified atom stereocenters. The van der Waals surface area contributed by atoms with Crippen molar-refractivity contribution in [1.29, 1.82) is 0 Å². The molecule has 19 heavy (non-hydrogen) atoms. The maximum absolute atomic E-state index is 12.0. The second-order valence-electron chi connectivity index (χ2n) is 3.58. The fraction of sp³-hybridized carbons (Fsp3) is 0.222.